The Morgan fingerprint density at radius 3 is 2.53 bits per heavy atom. The van der Waals surface area contributed by atoms with E-state index < -0.39 is 0 Å². The van der Waals surface area contributed by atoms with Crippen LogP contribution in [0.2, 0.25) is 0 Å². The number of hydrogen-bond donors (Lipinski definition) is 1. The first kappa shape index (κ1) is 13.3. The van der Waals surface area contributed by atoms with Crippen LogP contribution in [0.1, 0.15) is 45.4 Å². The van der Waals surface area contributed by atoms with E-state index in [4.69, 9.17) is 0 Å². The number of rotatable bonds is 3. The molecule has 2 aliphatic rings. The fourth-order valence-corrected chi connectivity index (χ4v) is 3.48. The van der Waals surface area contributed by atoms with Crippen LogP contribution >= 0.6 is 0 Å². The summed E-state index contributed by atoms with van der Waals surface area (Å²) in [6, 6.07) is 2.05. The quantitative estimate of drug-likeness (QED) is 0.813. The summed E-state index contributed by atoms with van der Waals surface area (Å²) >= 11 is 0. The highest BCUT2D eigenvalue weighted by atomic mass is 16.3. The lowest BCUT2D eigenvalue weighted by Gasteiger charge is -2.35. The molecule has 2 fully saturated rings. The summed E-state index contributed by atoms with van der Waals surface area (Å²) in [5.41, 5.74) is 0. The molecule has 1 aliphatic heterocycles. The van der Waals surface area contributed by atoms with E-state index in [0.29, 0.717) is 18.7 Å². The molecule has 0 spiro atoms. The van der Waals surface area contributed by atoms with E-state index in [-0.39, 0.29) is 0 Å². The van der Waals surface area contributed by atoms with E-state index in [1.165, 1.54) is 38.6 Å². The Hall–Kier alpha value is -0.120. The number of aliphatic hydroxyl groups is 1. The van der Waals surface area contributed by atoms with Crippen molar-refractivity contribution in [3.8, 4) is 0 Å². The normalized spacial score (nSPS) is 34.1. The monoisotopic (exact) mass is 240 g/mol. The highest BCUT2D eigenvalue weighted by Crippen LogP contribution is 2.28. The second-order valence-corrected chi connectivity index (χ2v) is 5.92. The van der Waals surface area contributed by atoms with Crippen LogP contribution in [0.15, 0.2) is 0 Å². The molecular weight excluding hydrogens is 212 g/mol. The van der Waals surface area contributed by atoms with Gasteiger partial charge in [0.2, 0.25) is 0 Å². The molecule has 17 heavy (non-hydrogen) atoms. The maximum atomic E-state index is 9.28. The minimum Gasteiger partial charge on any atom is -0.396 e. The molecule has 0 aromatic rings. The molecule has 1 aliphatic carbocycles. The van der Waals surface area contributed by atoms with Gasteiger partial charge in [-0.25, -0.2) is 0 Å². The number of aliphatic hydroxyl groups excluding tert-OH is 1. The van der Waals surface area contributed by atoms with Gasteiger partial charge >= 0.3 is 0 Å². The second-order valence-electron chi connectivity index (χ2n) is 5.92. The molecule has 3 nitrogen and oxygen atoms in total. The summed E-state index contributed by atoms with van der Waals surface area (Å²) in [5, 5.41) is 9.28. The Kier molecular flexibility index (Phi) is 4.83. The largest absolute Gasteiger partial charge is 0.396 e. The standard InChI is InChI=1S/C14H28N2O/c1-12-7-9-16(13-5-3-4-6-13)14(8-10-17)11-15(12)2/h12-14,17H,3-11H2,1-2H3. The highest BCUT2D eigenvalue weighted by Gasteiger charge is 2.32. The molecule has 0 aromatic heterocycles. The van der Waals surface area contributed by atoms with Crippen LogP contribution < -0.4 is 0 Å². The topological polar surface area (TPSA) is 26.7 Å². The summed E-state index contributed by atoms with van der Waals surface area (Å²) in [5.74, 6) is 0. The summed E-state index contributed by atoms with van der Waals surface area (Å²) in [6.45, 7) is 5.00. The van der Waals surface area contributed by atoms with E-state index in [2.05, 4.69) is 23.8 Å². The van der Waals surface area contributed by atoms with E-state index in [1.807, 2.05) is 0 Å². The van der Waals surface area contributed by atoms with E-state index in [9.17, 15) is 5.11 Å². The van der Waals surface area contributed by atoms with Crippen LogP contribution in [0.3, 0.4) is 0 Å². The second kappa shape index (κ2) is 6.17. The molecule has 0 bridgehead atoms. The SMILES string of the molecule is CC1CCN(C2CCCC2)C(CCO)CN1C. The zero-order valence-electron chi connectivity index (χ0n) is 11.4. The summed E-state index contributed by atoms with van der Waals surface area (Å²) in [4.78, 5) is 5.18. The van der Waals surface area contributed by atoms with Crippen LogP contribution in [-0.4, -0.2) is 59.8 Å². The van der Waals surface area contributed by atoms with Crippen molar-refractivity contribution in [2.24, 2.45) is 0 Å². The maximum Gasteiger partial charge on any atom is 0.0446 e. The Morgan fingerprint density at radius 2 is 1.88 bits per heavy atom. The first-order valence-electron chi connectivity index (χ1n) is 7.29. The van der Waals surface area contributed by atoms with Gasteiger partial charge in [0.25, 0.3) is 0 Å². The van der Waals surface area contributed by atoms with Gasteiger partial charge in [-0.2, -0.15) is 0 Å². The van der Waals surface area contributed by atoms with Crippen LogP contribution in [0.25, 0.3) is 0 Å². The first-order chi connectivity index (χ1) is 8.22. The lowest BCUT2D eigenvalue weighted by molar-refractivity contribution is 0.107. The van der Waals surface area contributed by atoms with Crippen molar-refractivity contribution in [2.75, 3.05) is 26.7 Å². The van der Waals surface area contributed by atoms with Gasteiger partial charge in [0.05, 0.1) is 0 Å². The molecule has 1 saturated carbocycles. The Morgan fingerprint density at radius 1 is 1.18 bits per heavy atom. The third kappa shape index (κ3) is 3.21. The van der Waals surface area contributed by atoms with Crippen molar-refractivity contribution >= 4 is 0 Å². The van der Waals surface area contributed by atoms with Crippen molar-refractivity contribution in [3.63, 3.8) is 0 Å². The number of hydrogen-bond acceptors (Lipinski definition) is 3. The van der Waals surface area contributed by atoms with Gasteiger partial charge in [-0.05, 0) is 39.7 Å². The van der Waals surface area contributed by atoms with Gasteiger partial charge in [-0.3, -0.25) is 4.90 Å². The first-order valence-corrected chi connectivity index (χ1v) is 7.29. The van der Waals surface area contributed by atoms with Gasteiger partial charge in [0, 0.05) is 37.8 Å². The molecule has 1 saturated heterocycles. The zero-order valence-corrected chi connectivity index (χ0v) is 11.4. The van der Waals surface area contributed by atoms with Crippen molar-refractivity contribution in [2.45, 2.75) is 63.6 Å². The fraction of sp³-hybridized carbons (Fsp3) is 1.00. The molecule has 0 amide bonds. The molecule has 2 rings (SSSR count). The van der Waals surface area contributed by atoms with Crippen molar-refractivity contribution in [1.82, 2.24) is 9.80 Å². The Bertz CT molecular complexity index is 228. The predicted octanol–water partition coefficient (Wildman–Crippen LogP) is 1.71. The molecular formula is C14H28N2O. The molecule has 1 N–H and O–H groups in total. The van der Waals surface area contributed by atoms with E-state index >= 15 is 0 Å². The molecule has 3 heteroatoms. The van der Waals surface area contributed by atoms with Crippen LogP contribution in [-0.2, 0) is 0 Å². The number of nitrogens with zero attached hydrogens (tertiary/aromatic N) is 2. The van der Waals surface area contributed by atoms with Gasteiger partial charge < -0.3 is 10.0 Å². The Balaban J connectivity index is 2.03. The minimum absolute atomic E-state index is 0.329. The fourth-order valence-electron chi connectivity index (χ4n) is 3.48. The Labute approximate surface area is 106 Å². The van der Waals surface area contributed by atoms with Crippen molar-refractivity contribution in [3.05, 3.63) is 0 Å². The third-order valence-corrected chi connectivity index (χ3v) is 4.78. The summed E-state index contributed by atoms with van der Waals surface area (Å²) in [6.07, 6.45) is 7.76. The summed E-state index contributed by atoms with van der Waals surface area (Å²) in [7, 11) is 2.23. The molecule has 2 unspecified atom stereocenters. The molecule has 0 aromatic carbocycles. The predicted molar refractivity (Wildman–Crippen MR) is 71.2 cm³/mol. The van der Waals surface area contributed by atoms with Gasteiger partial charge in [0.15, 0.2) is 0 Å². The van der Waals surface area contributed by atoms with Gasteiger partial charge in [-0.1, -0.05) is 12.8 Å². The zero-order chi connectivity index (χ0) is 12.3. The summed E-state index contributed by atoms with van der Waals surface area (Å²) < 4.78 is 0. The van der Waals surface area contributed by atoms with Gasteiger partial charge in [0.1, 0.15) is 0 Å². The van der Waals surface area contributed by atoms with Crippen LogP contribution in [0, 0.1) is 0 Å². The van der Waals surface area contributed by atoms with Crippen LogP contribution in [0.4, 0.5) is 0 Å². The van der Waals surface area contributed by atoms with E-state index in [1.54, 1.807) is 0 Å². The van der Waals surface area contributed by atoms with Crippen LogP contribution in [0.5, 0.6) is 0 Å². The van der Waals surface area contributed by atoms with Gasteiger partial charge in [-0.15, -0.1) is 0 Å². The average Bonchev–Trinajstić information content (AvgIpc) is 2.78. The minimum atomic E-state index is 0.329. The highest BCUT2D eigenvalue weighted by molar-refractivity contribution is 4.88. The van der Waals surface area contributed by atoms with E-state index in [0.717, 1.165) is 19.0 Å². The van der Waals surface area contributed by atoms with Crippen molar-refractivity contribution in [1.29, 1.82) is 0 Å². The lowest BCUT2D eigenvalue weighted by atomic mass is 10.1. The molecule has 0 radical (unpaired) electrons. The molecule has 2 atom stereocenters. The number of likely N-dealkylation sites (N-methyl/N-ethyl adjacent to an activating group) is 1. The average molecular weight is 240 g/mol. The molecule has 100 valence electrons. The third-order valence-electron chi connectivity index (χ3n) is 4.78. The lowest BCUT2D eigenvalue weighted by Crippen LogP contribution is -2.45. The van der Waals surface area contributed by atoms with Crippen molar-refractivity contribution < 1.29 is 5.11 Å². The maximum absolute atomic E-state index is 9.28. The smallest absolute Gasteiger partial charge is 0.0446 e. The molecule has 1 heterocycles.